The predicted octanol–water partition coefficient (Wildman–Crippen LogP) is 4.21. The third kappa shape index (κ3) is 3.69. The van der Waals surface area contributed by atoms with Gasteiger partial charge < -0.3 is 15.0 Å². The number of amides is 1. The van der Waals surface area contributed by atoms with Crippen LogP contribution in [0.25, 0.3) is 0 Å². The molecule has 0 radical (unpaired) electrons. The molecule has 0 bridgehead atoms. The van der Waals surface area contributed by atoms with Crippen molar-refractivity contribution in [1.82, 2.24) is 5.32 Å². The predicted molar refractivity (Wildman–Crippen MR) is 109 cm³/mol. The summed E-state index contributed by atoms with van der Waals surface area (Å²) < 4.78 is 6.56. The SMILES string of the molecule is O=C(NC1CCOc2ccc(Br)cc21)c1ccc(N2CCCC2)c([N+](=O)[O-])c1. The van der Waals surface area contributed by atoms with E-state index in [0.717, 1.165) is 41.7 Å². The lowest BCUT2D eigenvalue weighted by molar-refractivity contribution is -0.384. The Kier molecular flexibility index (Phi) is 5.21. The van der Waals surface area contributed by atoms with E-state index in [1.165, 1.54) is 6.07 Å². The fourth-order valence-corrected chi connectivity index (χ4v) is 4.17. The molecule has 1 N–H and O–H groups in total. The van der Waals surface area contributed by atoms with Gasteiger partial charge in [0.2, 0.25) is 0 Å². The van der Waals surface area contributed by atoms with E-state index in [-0.39, 0.29) is 23.2 Å². The molecule has 4 rings (SSSR count). The Morgan fingerprint density at radius 2 is 2.00 bits per heavy atom. The van der Waals surface area contributed by atoms with Crippen molar-refractivity contribution in [1.29, 1.82) is 0 Å². The molecule has 2 aliphatic heterocycles. The highest BCUT2D eigenvalue weighted by atomic mass is 79.9. The van der Waals surface area contributed by atoms with Crippen LogP contribution in [0, 0.1) is 10.1 Å². The van der Waals surface area contributed by atoms with Gasteiger partial charge in [0.05, 0.1) is 17.6 Å². The van der Waals surface area contributed by atoms with Gasteiger partial charge in [-0.2, -0.15) is 0 Å². The quantitative estimate of drug-likeness (QED) is 0.562. The molecule has 8 heteroatoms. The van der Waals surface area contributed by atoms with Crippen LogP contribution in [0.5, 0.6) is 5.75 Å². The number of hydrogen-bond donors (Lipinski definition) is 1. The molecule has 1 amide bonds. The molecule has 0 spiro atoms. The van der Waals surface area contributed by atoms with Crippen molar-refractivity contribution in [3.63, 3.8) is 0 Å². The summed E-state index contributed by atoms with van der Waals surface area (Å²) in [7, 11) is 0. The lowest BCUT2D eigenvalue weighted by Gasteiger charge is -2.27. The number of carbonyl (C=O) groups is 1. The van der Waals surface area contributed by atoms with Gasteiger partial charge >= 0.3 is 0 Å². The molecule has 7 nitrogen and oxygen atoms in total. The summed E-state index contributed by atoms with van der Waals surface area (Å²) in [4.78, 5) is 26.0. The Morgan fingerprint density at radius 3 is 2.75 bits per heavy atom. The summed E-state index contributed by atoms with van der Waals surface area (Å²) in [5.41, 5.74) is 1.75. The average molecular weight is 446 g/mol. The van der Waals surface area contributed by atoms with Crippen LogP contribution in [0.15, 0.2) is 40.9 Å². The first kappa shape index (κ1) is 18.7. The van der Waals surface area contributed by atoms with Crippen molar-refractivity contribution in [2.45, 2.75) is 25.3 Å². The number of hydrogen-bond acceptors (Lipinski definition) is 5. The summed E-state index contributed by atoms with van der Waals surface area (Å²) >= 11 is 3.45. The van der Waals surface area contributed by atoms with E-state index in [9.17, 15) is 14.9 Å². The van der Waals surface area contributed by atoms with Crippen LogP contribution in [-0.2, 0) is 0 Å². The van der Waals surface area contributed by atoms with Crippen LogP contribution >= 0.6 is 15.9 Å². The van der Waals surface area contributed by atoms with Gasteiger partial charge in [-0.3, -0.25) is 14.9 Å². The molecular weight excluding hydrogens is 426 g/mol. The molecule has 2 aliphatic rings. The molecule has 1 unspecified atom stereocenters. The largest absolute Gasteiger partial charge is 0.493 e. The van der Waals surface area contributed by atoms with Crippen molar-refractivity contribution >= 4 is 33.2 Å². The van der Waals surface area contributed by atoms with Gasteiger partial charge in [0.1, 0.15) is 11.4 Å². The van der Waals surface area contributed by atoms with Crippen LogP contribution in [-0.4, -0.2) is 30.5 Å². The Morgan fingerprint density at radius 1 is 1.21 bits per heavy atom. The van der Waals surface area contributed by atoms with Crippen molar-refractivity contribution in [2.24, 2.45) is 0 Å². The molecule has 28 heavy (non-hydrogen) atoms. The summed E-state index contributed by atoms with van der Waals surface area (Å²) in [5.74, 6) is 0.420. The Bertz CT molecular complexity index is 928. The van der Waals surface area contributed by atoms with E-state index in [1.54, 1.807) is 12.1 Å². The normalized spacial score (nSPS) is 18.3. The maximum atomic E-state index is 12.8. The van der Waals surface area contributed by atoms with Gasteiger partial charge in [-0.1, -0.05) is 15.9 Å². The highest BCUT2D eigenvalue weighted by molar-refractivity contribution is 9.10. The molecule has 1 saturated heterocycles. The second kappa shape index (κ2) is 7.79. The number of fused-ring (bicyclic) bond motifs is 1. The number of nitro groups is 1. The summed E-state index contributed by atoms with van der Waals surface area (Å²) in [6, 6.07) is 10.2. The number of anilines is 1. The van der Waals surface area contributed by atoms with Crippen LogP contribution < -0.4 is 15.0 Å². The van der Waals surface area contributed by atoms with E-state index < -0.39 is 4.92 Å². The third-order valence-corrected chi connectivity index (χ3v) is 5.69. The highest BCUT2D eigenvalue weighted by Crippen LogP contribution is 2.35. The molecule has 1 atom stereocenters. The molecule has 0 aromatic heterocycles. The molecule has 0 saturated carbocycles. The number of ether oxygens (including phenoxy) is 1. The lowest BCUT2D eigenvalue weighted by Crippen LogP contribution is -2.32. The number of benzene rings is 2. The topological polar surface area (TPSA) is 84.7 Å². The summed E-state index contributed by atoms with van der Waals surface area (Å²) in [5, 5.41) is 14.6. The standard InChI is InChI=1S/C20H20BrN3O4/c21-14-4-6-19-15(12-14)16(7-10-28-19)22-20(25)13-3-5-17(18(11-13)24(26)27)23-8-1-2-9-23/h3-6,11-12,16H,1-2,7-10H2,(H,22,25). The van der Waals surface area contributed by atoms with Gasteiger partial charge in [-0.25, -0.2) is 0 Å². The number of nitrogens with one attached hydrogen (secondary N) is 1. The number of carbonyl (C=O) groups excluding carboxylic acids is 1. The fraction of sp³-hybridized carbons (Fsp3) is 0.350. The van der Waals surface area contributed by atoms with E-state index >= 15 is 0 Å². The first-order valence-electron chi connectivity index (χ1n) is 9.29. The first-order valence-corrected chi connectivity index (χ1v) is 10.1. The Labute approximate surface area is 171 Å². The number of rotatable bonds is 4. The lowest BCUT2D eigenvalue weighted by atomic mass is 10.00. The summed E-state index contributed by atoms with van der Waals surface area (Å²) in [6.07, 6.45) is 2.69. The molecule has 2 aromatic carbocycles. The van der Waals surface area contributed by atoms with Gasteiger partial charge in [-0.05, 0) is 43.2 Å². The third-order valence-electron chi connectivity index (χ3n) is 5.20. The molecule has 1 fully saturated rings. The molecule has 2 heterocycles. The Balaban J connectivity index is 1.58. The zero-order chi connectivity index (χ0) is 19.7. The van der Waals surface area contributed by atoms with Crippen molar-refractivity contribution in [2.75, 3.05) is 24.6 Å². The minimum atomic E-state index is -0.411. The van der Waals surface area contributed by atoms with Gasteiger partial charge in [0.15, 0.2) is 0 Å². The molecule has 2 aromatic rings. The molecular formula is C20H20BrN3O4. The first-order chi connectivity index (χ1) is 13.5. The average Bonchev–Trinajstić information content (AvgIpc) is 3.22. The van der Waals surface area contributed by atoms with Crippen LogP contribution in [0.3, 0.4) is 0 Å². The van der Waals surface area contributed by atoms with E-state index in [4.69, 9.17) is 4.74 Å². The van der Waals surface area contributed by atoms with Gasteiger partial charge in [-0.15, -0.1) is 0 Å². The van der Waals surface area contributed by atoms with Crippen LogP contribution in [0.1, 0.15) is 41.2 Å². The Hall–Kier alpha value is -2.61. The summed E-state index contributed by atoms with van der Waals surface area (Å²) in [6.45, 7) is 2.12. The maximum Gasteiger partial charge on any atom is 0.293 e. The van der Waals surface area contributed by atoms with E-state index in [1.807, 2.05) is 23.1 Å². The zero-order valence-corrected chi connectivity index (χ0v) is 16.8. The number of nitro benzene ring substituents is 1. The second-order valence-corrected chi connectivity index (χ2v) is 7.92. The number of nitrogens with zero attached hydrogens (tertiary/aromatic N) is 2. The smallest absolute Gasteiger partial charge is 0.293 e. The van der Waals surface area contributed by atoms with Gasteiger partial charge in [0.25, 0.3) is 11.6 Å². The van der Waals surface area contributed by atoms with Crippen LogP contribution in [0.2, 0.25) is 0 Å². The minimum Gasteiger partial charge on any atom is -0.493 e. The minimum absolute atomic E-state index is 0.0235. The van der Waals surface area contributed by atoms with E-state index in [0.29, 0.717) is 18.7 Å². The fourth-order valence-electron chi connectivity index (χ4n) is 3.79. The monoisotopic (exact) mass is 445 g/mol. The highest BCUT2D eigenvalue weighted by Gasteiger charge is 2.27. The van der Waals surface area contributed by atoms with Crippen molar-refractivity contribution < 1.29 is 14.5 Å². The van der Waals surface area contributed by atoms with Gasteiger partial charge in [0, 0.05) is 41.2 Å². The molecule has 0 aliphatic carbocycles. The maximum absolute atomic E-state index is 12.8. The van der Waals surface area contributed by atoms with Crippen molar-refractivity contribution in [3.05, 3.63) is 62.1 Å². The zero-order valence-electron chi connectivity index (χ0n) is 15.2. The number of halogens is 1. The van der Waals surface area contributed by atoms with Crippen LogP contribution in [0.4, 0.5) is 11.4 Å². The van der Waals surface area contributed by atoms with E-state index in [2.05, 4.69) is 21.2 Å². The molecule has 146 valence electrons. The van der Waals surface area contributed by atoms with Crippen molar-refractivity contribution in [3.8, 4) is 5.75 Å². The second-order valence-electron chi connectivity index (χ2n) is 7.00.